The van der Waals surface area contributed by atoms with Gasteiger partial charge in [-0.15, -0.1) is 0 Å². The van der Waals surface area contributed by atoms with Crippen LogP contribution >= 0.6 is 0 Å². The SMILES string of the molecule is CC[C@@H]1CC[C@@H](C)C[C@@]12N(C)C(=O)C=[N+]2O. The van der Waals surface area contributed by atoms with Crippen molar-refractivity contribution in [3.05, 3.63) is 0 Å². The summed E-state index contributed by atoms with van der Waals surface area (Å²) in [6.45, 7) is 4.32. The molecule has 3 atom stereocenters. The van der Waals surface area contributed by atoms with Gasteiger partial charge in [0.1, 0.15) is 0 Å². The van der Waals surface area contributed by atoms with Crippen molar-refractivity contribution in [3.63, 3.8) is 0 Å². The monoisotopic (exact) mass is 225 g/mol. The molecule has 0 bridgehead atoms. The minimum absolute atomic E-state index is 0.0879. The maximum absolute atomic E-state index is 11.7. The first-order valence-corrected chi connectivity index (χ1v) is 6.13. The highest BCUT2D eigenvalue weighted by Gasteiger charge is 2.61. The van der Waals surface area contributed by atoms with E-state index < -0.39 is 5.66 Å². The van der Waals surface area contributed by atoms with Crippen molar-refractivity contribution >= 4 is 12.1 Å². The molecule has 1 fully saturated rings. The Hall–Kier alpha value is -1.06. The fraction of sp³-hybridized carbons (Fsp3) is 0.833. The fourth-order valence-corrected chi connectivity index (χ4v) is 3.37. The Morgan fingerprint density at radius 3 is 2.81 bits per heavy atom. The zero-order valence-corrected chi connectivity index (χ0v) is 10.3. The molecule has 16 heavy (non-hydrogen) atoms. The Morgan fingerprint density at radius 2 is 2.31 bits per heavy atom. The predicted octanol–water partition coefficient (Wildman–Crippen LogP) is 1.47. The number of hydrogen-bond donors (Lipinski definition) is 1. The molecule has 1 N–H and O–H groups in total. The number of amides is 1. The topological polar surface area (TPSA) is 43.5 Å². The average molecular weight is 225 g/mol. The van der Waals surface area contributed by atoms with Crippen LogP contribution in [-0.2, 0) is 4.79 Å². The molecule has 4 heteroatoms. The van der Waals surface area contributed by atoms with Crippen LogP contribution in [0.3, 0.4) is 0 Å². The van der Waals surface area contributed by atoms with Gasteiger partial charge in [-0.25, -0.2) is 0 Å². The fourth-order valence-electron chi connectivity index (χ4n) is 3.37. The number of nitrogens with zero attached hydrogens (tertiary/aromatic N) is 2. The summed E-state index contributed by atoms with van der Waals surface area (Å²) in [5, 5.41) is 10.1. The van der Waals surface area contributed by atoms with E-state index in [1.54, 1.807) is 11.9 Å². The van der Waals surface area contributed by atoms with Crippen molar-refractivity contribution < 1.29 is 14.7 Å². The van der Waals surface area contributed by atoms with Crippen molar-refractivity contribution in [1.82, 2.24) is 4.90 Å². The second-order valence-electron chi connectivity index (χ2n) is 5.24. The van der Waals surface area contributed by atoms with Crippen molar-refractivity contribution in [1.29, 1.82) is 0 Å². The molecule has 1 heterocycles. The molecule has 2 rings (SSSR count). The van der Waals surface area contributed by atoms with Crippen LogP contribution in [-0.4, -0.2) is 39.7 Å². The Morgan fingerprint density at radius 1 is 1.62 bits per heavy atom. The smallest absolute Gasteiger partial charge is 0.288 e. The van der Waals surface area contributed by atoms with Crippen molar-refractivity contribution in [2.75, 3.05) is 7.05 Å². The molecule has 0 aromatic heterocycles. The predicted molar refractivity (Wildman–Crippen MR) is 60.4 cm³/mol. The first-order chi connectivity index (χ1) is 7.52. The summed E-state index contributed by atoms with van der Waals surface area (Å²) in [6, 6.07) is 0. The van der Waals surface area contributed by atoms with Gasteiger partial charge in [0, 0.05) is 24.1 Å². The van der Waals surface area contributed by atoms with E-state index in [4.69, 9.17) is 0 Å². The van der Waals surface area contributed by atoms with E-state index in [9.17, 15) is 10.0 Å². The Balaban J connectivity index is 2.39. The molecular formula is C12H21N2O2+. The van der Waals surface area contributed by atoms with Crippen LogP contribution in [0, 0.1) is 11.8 Å². The highest BCUT2D eigenvalue weighted by Crippen LogP contribution is 2.43. The lowest BCUT2D eigenvalue weighted by Gasteiger charge is -2.41. The third-order valence-electron chi connectivity index (χ3n) is 4.34. The summed E-state index contributed by atoms with van der Waals surface area (Å²) in [4.78, 5) is 13.4. The zero-order valence-electron chi connectivity index (χ0n) is 10.3. The molecule has 0 aromatic carbocycles. The summed E-state index contributed by atoms with van der Waals surface area (Å²) < 4.78 is 1.17. The number of rotatable bonds is 1. The van der Waals surface area contributed by atoms with Crippen molar-refractivity contribution in [2.24, 2.45) is 11.8 Å². The molecule has 1 spiro atoms. The van der Waals surface area contributed by atoms with Crippen LogP contribution in [0.4, 0.5) is 0 Å². The molecule has 0 radical (unpaired) electrons. The van der Waals surface area contributed by atoms with Crippen LogP contribution < -0.4 is 0 Å². The highest BCUT2D eigenvalue weighted by molar-refractivity contribution is 6.25. The first-order valence-electron chi connectivity index (χ1n) is 6.13. The molecule has 0 aromatic rings. The minimum atomic E-state index is -0.483. The Kier molecular flexibility index (Phi) is 2.68. The Labute approximate surface area is 96.5 Å². The molecule has 1 aliphatic carbocycles. The lowest BCUT2D eigenvalue weighted by molar-refractivity contribution is -0.839. The molecular weight excluding hydrogens is 204 g/mol. The second kappa shape index (κ2) is 3.75. The number of hydrogen-bond acceptors (Lipinski definition) is 2. The van der Waals surface area contributed by atoms with Gasteiger partial charge in [-0.2, -0.15) is 0 Å². The highest BCUT2D eigenvalue weighted by atomic mass is 16.5. The summed E-state index contributed by atoms with van der Waals surface area (Å²) in [5.41, 5.74) is -0.483. The molecule has 0 unspecified atom stereocenters. The van der Waals surface area contributed by atoms with Crippen molar-refractivity contribution in [2.45, 2.75) is 45.2 Å². The first kappa shape index (κ1) is 11.4. The number of carbonyl (C=O) groups excluding carboxylic acids is 1. The van der Waals surface area contributed by atoms with E-state index >= 15 is 0 Å². The van der Waals surface area contributed by atoms with E-state index in [2.05, 4.69) is 13.8 Å². The summed E-state index contributed by atoms with van der Waals surface area (Å²) in [6.07, 6.45) is 5.45. The standard InChI is InChI=1S/C12H21N2O2/c1-4-10-6-5-9(2)7-12(10)13(3)11(15)8-14(12)16/h8-10,16H,4-7H2,1-3H3/q+1/t9-,10-,12+/m1/s1. The zero-order chi connectivity index (χ0) is 11.9. The number of hydroxylamine groups is 1. The lowest BCUT2D eigenvalue weighted by atomic mass is 9.72. The van der Waals surface area contributed by atoms with Gasteiger partial charge < -0.3 is 0 Å². The molecule has 4 nitrogen and oxygen atoms in total. The lowest BCUT2D eigenvalue weighted by Crippen LogP contribution is -2.58. The summed E-state index contributed by atoms with van der Waals surface area (Å²) in [5.74, 6) is 0.829. The van der Waals surface area contributed by atoms with E-state index in [1.807, 2.05) is 0 Å². The van der Waals surface area contributed by atoms with Gasteiger partial charge in [-0.05, 0) is 25.2 Å². The third-order valence-corrected chi connectivity index (χ3v) is 4.34. The average Bonchev–Trinajstić information content (AvgIpc) is 2.45. The summed E-state index contributed by atoms with van der Waals surface area (Å²) >= 11 is 0. The minimum Gasteiger partial charge on any atom is -0.288 e. The molecule has 90 valence electrons. The molecule has 1 amide bonds. The largest absolute Gasteiger partial charge is 0.320 e. The van der Waals surface area contributed by atoms with E-state index in [0.717, 1.165) is 19.3 Å². The summed E-state index contributed by atoms with van der Waals surface area (Å²) in [7, 11) is 1.80. The maximum Gasteiger partial charge on any atom is 0.320 e. The van der Waals surface area contributed by atoms with Crippen LogP contribution in [0.5, 0.6) is 0 Å². The second-order valence-corrected chi connectivity index (χ2v) is 5.24. The van der Waals surface area contributed by atoms with Gasteiger partial charge in [0.2, 0.25) is 0 Å². The number of carbonyl (C=O) groups is 1. The van der Waals surface area contributed by atoms with Gasteiger partial charge in [-0.1, -0.05) is 13.8 Å². The van der Waals surface area contributed by atoms with Crippen LogP contribution in [0.2, 0.25) is 0 Å². The van der Waals surface area contributed by atoms with Gasteiger partial charge in [0.25, 0.3) is 11.9 Å². The maximum atomic E-state index is 11.7. The molecule has 2 aliphatic rings. The molecule has 1 aliphatic heterocycles. The van der Waals surface area contributed by atoms with Crippen molar-refractivity contribution in [3.8, 4) is 0 Å². The van der Waals surface area contributed by atoms with Gasteiger partial charge >= 0.3 is 5.91 Å². The normalized spacial score (nSPS) is 39.3. The van der Waals surface area contributed by atoms with Gasteiger partial charge in [0.05, 0.1) is 0 Å². The van der Waals surface area contributed by atoms with E-state index in [0.29, 0.717) is 11.8 Å². The quantitative estimate of drug-likeness (QED) is 0.542. The molecule has 0 saturated heterocycles. The Bertz CT molecular complexity index is 340. The van der Waals surface area contributed by atoms with Gasteiger partial charge in [0.15, 0.2) is 0 Å². The molecule has 1 saturated carbocycles. The van der Waals surface area contributed by atoms with Crippen LogP contribution in [0.1, 0.15) is 39.5 Å². The van der Waals surface area contributed by atoms with E-state index in [-0.39, 0.29) is 5.91 Å². The van der Waals surface area contributed by atoms with Crippen LogP contribution in [0.25, 0.3) is 0 Å². The van der Waals surface area contributed by atoms with Gasteiger partial charge in [-0.3, -0.25) is 14.9 Å². The third kappa shape index (κ3) is 1.35. The van der Waals surface area contributed by atoms with E-state index in [1.165, 1.54) is 17.4 Å². The van der Waals surface area contributed by atoms with Crippen LogP contribution in [0.15, 0.2) is 0 Å².